The van der Waals surface area contributed by atoms with Gasteiger partial charge in [0.1, 0.15) is 5.76 Å². The molecular weight excluding hydrogens is 192 g/mol. The number of rotatable bonds is 0. The van der Waals surface area contributed by atoms with Gasteiger partial charge < -0.3 is 13.9 Å². The SMILES string of the molecule is CC.Cc1ccc(O)o1.Cc1ccoc1. The Balaban J connectivity index is 0.000000227. The smallest absolute Gasteiger partial charge is 0.281 e. The fourth-order valence-corrected chi connectivity index (χ4v) is 0.754. The van der Waals surface area contributed by atoms with Crippen LogP contribution < -0.4 is 0 Å². The van der Waals surface area contributed by atoms with Crippen LogP contribution in [0.15, 0.2) is 39.6 Å². The zero-order valence-electron chi connectivity index (χ0n) is 9.65. The lowest BCUT2D eigenvalue weighted by molar-refractivity contribution is 0.324. The van der Waals surface area contributed by atoms with Gasteiger partial charge in [-0.3, -0.25) is 0 Å². The Morgan fingerprint density at radius 3 is 1.87 bits per heavy atom. The zero-order chi connectivity index (χ0) is 11.7. The first kappa shape index (κ1) is 13.4. The maximum Gasteiger partial charge on any atom is 0.281 e. The number of hydrogen-bond donors (Lipinski definition) is 1. The summed E-state index contributed by atoms with van der Waals surface area (Å²) in [7, 11) is 0. The molecule has 0 atom stereocenters. The zero-order valence-corrected chi connectivity index (χ0v) is 9.65. The summed E-state index contributed by atoms with van der Waals surface area (Å²) in [5.41, 5.74) is 1.18. The van der Waals surface area contributed by atoms with Crippen LogP contribution in [-0.4, -0.2) is 5.11 Å². The maximum absolute atomic E-state index is 8.49. The average molecular weight is 210 g/mol. The summed E-state index contributed by atoms with van der Waals surface area (Å²) in [5.74, 6) is 0.718. The van der Waals surface area contributed by atoms with Gasteiger partial charge in [-0.2, -0.15) is 0 Å². The molecule has 0 unspecified atom stereocenters. The van der Waals surface area contributed by atoms with E-state index >= 15 is 0 Å². The van der Waals surface area contributed by atoms with Crippen molar-refractivity contribution in [1.29, 1.82) is 0 Å². The first-order valence-electron chi connectivity index (χ1n) is 4.92. The van der Waals surface area contributed by atoms with Crippen molar-refractivity contribution in [3.63, 3.8) is 0 Å². The van der Waals surface area contributed by atoms with Crippen molar-refractivity contribution in [3.05, 3.63) is 42.0 Å². The molecule has 0 saturated heterocycles. The summed E-state index contributed by atoms with van der Waals surface area (Å²) in [6.07, 6.45) is 3.37. The molecule has 0 bridgehead atoms. The molecule has 84 valence electrons. The van der Waals surface area contributed by atoms with E-state index in [0.29, 0.717) is 0 Å². The van der Waals surface area contributed by atoms with Crippen molar-refractivity contribution in [2.24, 2.45) is 0 Å². The van der Waals surface area contributed by atoms with Crippen molar-refractivity contribution in [3.8, 4) is 5.95 Å². The third kappa shape index (κ3) is 6.43. The van der Waals surface area contributed by atoms with Crippen LogP contribution in [0.25, 0.3) is 0 Å². The molecule has 3 heteroatoms. The van der Waals surface area contributed by atoms with Crippen LogP contribution in [0.2, 0.25) is 0 Å². The standard InChI is InChI=1S/C5H6O2.C5H6O.C2H6/c1-4-2-3-5(6)7-4;1-5-2-3-6-4-5;1-2/h2-3,6H,1H3;2-4H,1H3;1-2H3. The summed E-state index contributed by atoms with van der Waals surface area (Å²) in [4.78, 5) is 0. The van der Waals surface area contributed by atoms with Crippen molar-refractivity contribution in [1.82, 2.24) is 0 Å². The normalized spacial score (nSPS) is 8.27. The van der Waals surface area contributed by atoms with E-state index in [1.807, 2.05) is 26.8 Å². The van der Waals surface area contributed by atoms with Crippen LogP contribution in [0, 0.1) is 13.8 Å². The number of aryl methyl sites for hydroxylation is 2. The highest BCUT2D eigenvalue weighted by atomic mass is 16.5. The first-order chi connectivity index (χ1) is 7.18. The highest BCUT2D eigenvalue weighted by molar-refractivity contribution is 5.08. The van der Waals surface area contributed by atoms with Crippen LogP contribution in [0.5, 0.6) is 5.95 Å². The Labute approximate surface area is 90.3 Å². The van der Waals surface area contributed by atoms with Crippen LogP contribution in [0.4, 0.5) is 0 Å². The molecule has 0 amide bonds. The van der Waals surface area contributed by atoms with Gasteiger partial charge in [0.05, 0.1) is 12.5 Å². The van der Waals surface area contributed by atoms with Crippen LogP contribution in [0.1, 0.15) is 25.2 Å². The second-order valence-corrected chi connectivity index (χ2v) is 2.68. The summed E-state index contributed by atoms with van der Waals surface area (Å²) in [5, 5.41) is 8.49. The lowest BCUT2D eigenvalue weighted by Crippen LogP contribution is -1.50. The molecule has 1 N–H and O–H groups in total. The van der Waals surface area contributed by atoms with Gasteiger partial charge in [-0.15, -0.1) is 0 Å². The minimum atomic E-state index is -0.0162. The molecule has 0 aliphatic carbocycles. The van der Waals surface area contributed by atoms with E-state index in [9.17, 15) is 0 Å². The van der Waals surface area contributed by atoms with Crippen LogP contribution in [0.3, 0.4) is 0 Å². The van der Waals surface area contributed by atoms with Gasteiger partial charge in [-0.05, 0) is 31.5 Å². The molecular formula is C12H18O3. The second kappa shape index (κ2) is 7.74. The van der Waals surface area contributed by atoms with Gasteiger partial charge in [0.2, 0.25) is 0 Å². The molecule has 0 spiro atoms. The average Bonchev–Trinajstić information content (AvgIpc) is 2.82. The van der Waals surface area contributed by atoms with Crippen molar-refractivity contribution >= 4 is 0 Å². The van der Waals surface area contributed by atoms with Gasteiger partial charge in [0.15, 0.2) is 0 Å². The van der Waals surface area contributed by atoms with E-state index in [1.54, 1.807) is 25.5 Å². The van der Waals surface area contributed by atoms with E-state index in [0.717, 1.165) is 5.76 Å². The Morgan fingerprint density at radius 1 is 1.07 bits per heavy atom. The topological polar surface area (TPSA) is 46.5 Å². The summed E-state index contributed by atoms with van der Waals surface area (Å²) in [6, 6.07) is 5.13. The molecule has 0 aliphatic rings. The van der Waals surface area contributed by atoms with Gasteiger partial charge in [-0.25, -0.2) is 0 Å². The molecule has 0 saturated carbocycles. The van der Waals surface area contributed by atoms with Crippen molar-refractivity contribution < 1.29 is 13.9 Å². The van der Waals surface area contributed by atoms with E-state index in [2.05, 4.69) is 4.42 Å². The van der Waals surface area contributed by atoms with E-state index in [1.165, 1.54) is 11.6 Å². The Hall–Kier alpha value is -1.64. The second-order valence-electron chi connectivity index (χ2n) is 2.68. The highest BCUT2D eigenvalue weighted by Crippen LogP contribution is 2.10. The summed E-state index contributed by atoms with van der Waals surface area (Å²) < 4.78 is 9.35. The first-order valence-corrected chi connectivity index (χ1v) is 4.92. The number of hydrogen-bond acceptors (Lipinski definition) is 3. The molecule has 0 aromatic carbocycles. The molecule has 2 aromatic heterocycles. The van der Waals surface area contributed by atoms with Crippen LogP contribution in [-0.2, 0) is 0 Å². The lowest BCUT2D eigenvalue weighted by Gasteiger charge is -1.75. The monoisotopic (exact) mass is 210 g/mol. The van der Waals surface area contributed by atoms with E-state index in [4.69, 9.17) is 9.52 Å². The molecule has 2 aromatic rings. The fraction of sp³-hybridized carbons (Fsp3) is 0.333. The summed E-state index contributed by atoms with van der Waals surface area (Å²) >= 11 is 0. The highest BCUT2D eigenvalue weighted by Gasteiger charge is 1.88. The van der Waals surface area contributed by atoms with Gasteiger partial charge in [0.25, 0.3) is 5.95 Å². The quantitative estimate of drug-likeness (QED) is 0.717. The van der Waals surface area contributed by atoms with Crippen molar-refractivity contribution in [2.45, 2.75) is 27.7 Å². The van der Waals surface area contributed by atoms with Crippen molar-refractivity contribution in [2.75, 3.05) is 0 Å². The molecule has 0 radical (unpaired) electrons. The minimum Gasteiger partial charge on any atom is -0.481 e. The minimum absolute atomic E-state index is 0.0162. The Morgan fingerprint density at radius 2 is 1.73 bits per heavy atom. The number of aromatic hydroxyl groups is 1. The van der Waals surface area contributed by atoms with Gasteiger partial charge in [0, 0.05) is 6.07 Å². The third-order valence-electron chi connectivity index (χ3n) is 1.39. The maximum atomic E-state index is 8.49. The lowest BCUT2D eigenvalue weighted by atomic mass is 10.4. The van der Waals surface area contributed by atoms with E-state index in [-0.39, 0.29) is 5.95 Å². The van der Waals surface area contributed by atoms with Gasteiger partial charge in [-0.1, -0.05) is 13.8 Å². The Kier molecular flexibility index (Phi) is 6.89. The molecule has 3 nitrogen and oxygen atoms in total. The molecule has 0 aliphatic heterocycles. The van der Waals surface area contributed by atoms with E-state index < -0.39 is 0 Å². The predicted octanol–water partition coefficient (Wildman–Crippen LogP) is 3.91. The predicted molar refractivity (Wildman–Crippen MR) is 59.9 cm³/mol. The number of furan rings is 2. The molecule has 15 heavy (non-hydrogen) atoms. The largest absolute Gasteiger partial charge is 0.481 e. The summed E-state index contributed by atoms with van der Waals surface area (Å²) in [6.45, 7) is 7.77. The Bertz CT molecular complexity index is 317. The molecule has 0 fully saturated rings. The van der Waals surface area contributed by atoms with Crippen LogP contribution >= 0.6 is 0 Å². The molecule has 2 rings (SSSR count). The third-order valence-corrected chi connectivity index (χ3v) is 1.39. The molecule has 2 heterocycles. The van der Waals surface area contributed by atoms with Gasteiger partial charge >= 0.3 is 0 Å². The fourth-order valence-electron chi connectivity index (χ4n) is 0.754.